The van der Waals surface area contributed by atoms with Crippen LogP contribution in [0.15, 0.2) is 224 Å². The molecule has 119 heavy (non-hydrogen) atoms. The number of hydrogen-bond donors (Lipinski definition) is 6. The van der Waals surface area contributed by atoms with Crippen molar-refractivity contribution in [1.82, 2.24) is 25.3 Å². The van der Waals surface area contributed by atoms with E-state index >= 15 is 0 Å². The van der Waals surface area contributed by atoms with Gasteiger partial charge in [0, 0.05) is 95.5 Å². The number of aliphatic carboxylic acids is 1. The Morgan fingerprint density at radius 2 is 1.12 bits per heavy atom. The van der Waals surface area contributed by atoms with Gasteiger partial charge in [-0.15, -0.1) is 0 Å². The molecule has 6 N–H and O–H groups in total. The quantitative estimate of drug-likeness (QED) is 0.0297. The van der Waals surface area contributed by atoms with Gasteiger partial charge in [-0.05, 0) is 231 Å². The van der Waals surface area contributed by atoms with Gasteiger partial charge >= 0.3 is 5.97 Å². The van der Waals surface area contributed by atoms with Gasteiger partial charge < -0.3 is 45.6 Å². The third-order valence-electron chi connectivity index (χ3n) is 22.9. The molecule has 23 heteroatoms. The Bertz CT molecular complexity index is 5230. The summed E-state index contributed by atoms with van der Waals surface area (Å²) in [6.07, 6.45) is 10.8. The van der Waals surface area contributed by atoms with Crippen molar-refractivity contribution in [3.05, 3.63) is 296 Å². The number of hydrogen-bond acceptors (Lipinski definition) is 13. The molecule has 0 bridgehead atoms. The van der Waals surface area contributed by atoms with Crippen molar-refractivity contribution in [3.8, 4) is 51.3 Å². The van der Waals surface area contributed by atoms with Crippen LogP contribution in [0.5, 0.6) is 5.75 Å². The lowest BCUT2D eigenvalue weighted by Crippen LogP contribution is -2.54. The minimum Gasteiger partial charge on any atom is -0.482 e. The van der Waals surface area contributed by atoms with Crippen LogP contribution in [-0.4, -0.2) is 123 Å². The maximum Gasteiger partial charge on any atom is 0.341 e. The lowest BCUT2D eigenvalue weighted by atomic mass is 9.68. The van der Waals surface area contributed by atoms with Gasteiger partial charge in [0.25, 0.3) is 0 Å². The first-order chi connectivity index (χ1) is 57.4. The SMILES string of the molecule is CC(CC1(c2ccc(-c3cccc(C#N)c3)cc2)CCNCC1)C(=O)Nc1ccc(F)c(F)c1.CN(C)Cc1cccc(-c2ccc(C3(NCC(=O)Nc4ccc(F)c(Cl)c4)CCN(C4CCCC4)CC3)cc2)c1.N#Cc1cccc(-c2ccc(C3(OCC(=O)Nc4cc(Cl)cc(Cl)c4)CCN(Cc4ccccc4OCC(=O)O)CC3)cc2)c1. The van der Waals surface area contributed by atoms with Crippen molar-refractivity contribution in [3.63, 3.8) is 0 Å². The Morgan fingerprint density at radius 3 is 1.70 bits per heavy atom. The van der Waals surface area contributed by atoms with E-state index in [0.29, 0.717) is 83.2 Å². The summed E-state index contributed by atoms with van der Waals surface area (Å²) < 4.78 is 52.3. The summed E-state index contributed by atoms with van der Waals surface area (Å²) in [6, 6.07) is 73.9. The highest BCUT2D eigenvalue weighted by Gasteiger charge is 2.41. The van der Waals surface area contributed by atoms with Gasteiger partial charge in [0.15, 0.2) is 18.2 Å². The number of amides is 3. The summed E-state index contributed by atoms with van der Waals surface area (Å²) in [5.74, 6) is -3.95. The number of halogens is 6. The topological polar surface area (TPSA) is 224 Å². The van der Waals surface area contributed by atoms with Gasteiger partial charge in [-0.3, -0.25) is 24.6 Å². The van der Waals surface area contributed by atoms with Crippen LogP contribution in [0, 0.1) is 46.0 Å². The molecule has 1 saturated carbocycles. The zero-order valence-corrected chi connectivity index (χ0v) is 69.2. The molecule has 0 aromatic heterocycles. The monoisotopic (exact) mass is 1660 g/mol. The second-order valence-electron chi connectivity index (χ2n) is 31.5. The average Bonchev–Trinajstić information content (AvgIpc) is 1.62. The number of carbonyl (C=O) groups is 4. The van der Waals surface area contributed by atoms with Gasteiger partial charge in [0.05, 0.1) is 40.4 Å². The minimum absolute atomic E-state index is 0.00569. The molecular weight excluding hydrogens is 1570 g/mol. The first-order valence-electron chi connectivity index (χ1n) is 40.3. The van der Waals surface area contributed by atoms with Crippen molar-refractivity contribution in [1.29, 1.82) is 10.5 Å². The van der Waals surface area contributed by atoms with E-state index in [1.807, 2.05) is 85.8 Å². The van der Waals surface area contributed by atoms with Crippen LogP contribution in [0.2, 0.25) is 15.1 Å². The number of carboxylic acids is 1. The normalized spacial score (nSPS) is 15.9. The number of carboxylic acid groups (broad SMARTS) is 1. The number of nitrogens with one attached hydrogen (secondary N) is 5. The zero-order chi connectivity index (χ0) is 84.1. The highest BCUT2D eigenvalue weighted by Crippen LogP contribution is 2.43. The van der Waals surface area contributed by atoms with E-state index in [4.69, 9.17) is 49.4 Å². The molecule has 3 heterocycles. The van der Waals surface area contributed by atoms with E-state index in [9.17, 15) is 42.9 Å². The van der Waals surface area contributed by atoms with Crippen LogP contribution in [0.3, 0.4) is 0 Å². The lowest BCUT2D eigenvalue weighted by Gasteiger charge is -2.45. The third kappa shape index (κ3) is 23.9. The average molecular weight is 1670 g/mol. The standard InChI is InChI=1S/C35H31Cl2N3O5.C33H40ClFN4O.C28H27F2N3O/c36-29-17-30(37)19-31(18-29)39-33(41)22-45-35(28-10-8-25(9-11-28)26-6-3-4-24(16-26)20-38)12-14-40(15-13-35)21-27-5-1-2-7-32(27)44-23-34(42)43;1-38(2)23-24-6-5-7-26(20-24)25-10-12-27(13-11-25)33(16-18-39(19-17-33)29-8-3-4-9-29)36-22-32(40)37-28-14-15-31(35)30(34)21-28;1-19(27(34)33-24-9-10-25(29)26(30)16-24)17-28(11-13-32-14-12-28)23-7-5-21(6-8-23)22-4-2-3-20(15-22)18-31/h1-11,16-19H,12-15,21-23H2,(H,39,41)(H,42,43);5-7,10-15,20-21,29,36H,3-4,8-9,16-19,22-23H2,1-2H3,(H,37,40);2-10,15-16,19,32H,11-14,17H2,1H3,(H,33,34). The highest BCUT2D eigenvalue weighted by molar-refractivity contribution is 6.35. The largest absolute Gasteiger partial charge is 0.482 e. The van der Waals surface area contributed by atoms with Crippen LogP contribution < -0.4 is 31.3 Å². The van der Waals surface area contributed by atoms with Crippen LogP contribution >= 0.6 is 34.8 Å². The van der Waals surface area contributed by atoms with Gasteiger partial charge in [0.2, 0.25) is 17.7 Å². The molecule has 4 fully saturated rings. The number of rotatable bonds is 26. The molecule has 0 radical (unpaired) electrons. The number of nitrogens with zero attached hydrogens (tertiary/aromatic N) is 5. The summed E-state index contributed by atoms with van der Waals surface area (Å²) in [7, 11) is 4.17. The number of benzene rings is 10. The van der Waals surface area contributed by atoms with Crippen LogP contribution in [0.1, 0.15) is 116 Å². The van der Waals surface area contributed by atoms with E-state index in [1.54, 1.807) is 36.4 Å². The highest BCUT2D eigenvalue weighted by atomic mass is 35.5. The van der Waals surface area contributed by atoms with Gasteiger partial charge in [0.1, 0.15) is 18.2 Å². The van der Waals surface area contributed by atoms with Gasteiger partial charge in [-0.1, -0.05) is 188 Å². The van der Waals surface area contributed by atoms with E-state index in [2.05, 4.69) is 140 Å². The van der Waals surface area contributed by atoms with Gasteiger partial charge in [-0.2, -0.15) is 10.5 Å². The first-order valence-corrected chi connectivity index (χ1v) is 41.4. The van der Waals surface area contributed by atoms with Crippen LogP contribution in [-0.2, 0) is 53.6 Å². The smallest absolute Gasteiger partial charge is 0.341 e. The predicted octanol–water partition coefficient (Wildman–Crippen LogP) is 19.6. The summed E-state index contributed by atoms with van der Waals surface area (Å²) >= 11 is 18.1. The second-order valence-corrected chi connectivity index (χ2v) is 32.7. The summed E-state index contributed by atoms with van der Waals surface area (Å²) in [4.78, 5) is 56.9. The lowest BCUT2D eigenvalue weighted by molar-refractivity contribution is -0.139. The molecule has 14 rings (SSSR count). The maximum absolute atomic E-state index is 13.6. The fourth-order valence-electron chi connectivity index (χ4n) is 16.7. The molecule has 0 spiro atoms. The number of likely N-dealkylation sites (tertiary alicyclic amines) is 2. The molecule has 4 aliphatic rings. The first kappa shape index (κ1) is 87.6. The fourth-order valence-corrected chi connectivity index (χ4v) is 17.4. The van der Waals surface area contributed by atoms with Crippen molar-refractivity contribution in [2.45, 2.75) is 113 Å². The molecule has 17 nitrogen and oxygen atoms in total. The van der Waals surface area contributed by atoms with E-state index in [-0.39, 0.29) is 58.5 Å². The predicted molar refractivity (Wildman–Crippen MR) is 465 cm³/mol. The maximum atomic E-state index is 13.6. The Labute approximate surface area is 709 Å². The van der Waals surface area contributed by atoms with Crippen molar-refractivity contribution in [2.24, 2.45) is 5.92 Å². The molecule has 616 valence electrons. The molecule has 1 unspecified atom stereocenters. The summed E-state index contributed by atoms with van der Waals surface area (Å²) in [5, 5.41) is 43.8. The summed E-state index contributed by atoms with van der Waals surface area (Å²) in [5.41, 5.74) is 13.1. The Morgan fingerprint density at radius 1 is 0.563 bits per heavy atom. The van der Waals surface area contributed by atoms with Gasteiger partial charge in [-0.25, -0.2) is 18.0 Å². The van der Waals surface area contributed by atoms with Crippen LogP contribution in [0.4, 0.5) is 30.2 Å². The van der Waals surface area contributed by atoms with E-state index < -0.39 is 35.6 Å². The Kier molecular flexibility index (Phi) is 30.4. The molecule has 10 aromatic rings. The Balaban J connectivity index is 0.000000165. The Hall–Kier alpha value is -10.7. The van der Waals surface area contributed by atoms with Crippen molar-refractivity contribution in [2.75, 3.05) is 89.1 Å². The molecule has 3 saturated heterocycles. The fraction of sp³-hybridized carbons (Fsp3) is 0.312. The molecule has 1 atom stereocenters. The van der Waals surface area contributed by atoms with Crippen molar-refractivity contribution >= 4 is 75.6 Å². The number of piperidine rings is 3. The van der Waals surface area contributed by atoms with Crippen LogP contribution in [0.25, 0.3) is 33.4 Å². The molecule has 3 amide bonds. The summed E-state index contributed by atoms with van der Waals surface area (Å²) in [6.45, 7) is 8.03. The second kappa shape index (κ2) is 41.3. The van der Waals surface area contributed by atoms with E-state index in [0.717, 1.165) is 104 Å². The minimum atomic E-state index is -1.03. The number of nitriles is 2. The molecule has 10 aromatic carbocycles. The molecule has 1 aliphatic carbocycles. The number of ether oxygens (including phenoxy) is 2. The number of para-hydroxylation sites is 1. The third-order valence-corrected chi connectivity index (χ3v) is 23.7. The molecular formula is C96H98Cl3F3N10O7. The zero-order valence-electron chi connectivity index (χ0n) is 67.0. The molecule has 3 aliphatic heterocycles. The number of anilines is 3. The number of carbonyl (C=O) groups excluding carboxylic acids is 3. The van der Waals surface area contributed by atoms with E-state index in [1.165, 1.54) is 77.8 Å². The van der Waals surface area contributed by atoms with Crippen molar-refractivity contribution < 1.29 is 46.9 Å².